The van der Waals surface area contributed by atoms with Crippen molar-refractivity contribution in [2.45, 2.75) is 0 Å². The second-order valence-electron chi connectivity index (χ2n) is 3.47. The van der Waals surface area contributed by atoms with Gasteiger partial charge in [-0.3, -0.25) is 4.79 Å². The highest BCUT2D eigenvalue weighted by molar-refractivity contribution is 7.90. The topological polar surface area (TPSA) is 119 Å². The lowest BCUT2D eigenvalue weighted by Crippen LogP contribution is -2.33. The molecule has 0 fully saturated rings. The van der Waals surface area contributed by atoms with Crippen LogP contribution in [0.2, 0.25) is 0 Å². The van der Waals surface area contributed by atoms with Crippen molar-refractivity contribution in [2.75, 3.05) is 24.6 Å². The average Bonchev–Trinajstić information content (AvgIpc) is 2.23. The summed E-state index contributed by atoms with van der Waals surface area (Å²) >= 11 is 0. The van der Waals surface area contributed by atoms with Crippen LogP contribution in [0, 0.1) is 0 Å². The van der Waals surface area contributed by atoms with Gasteiger partial charge in [0.2, 0.25) is 10.0 Å². The molecule has 0 atom stereocenters. The number of nitrogen functional groups attached to an aromatic ring is 1. The van der Waals surface area contributed by atoms with Gasteiger partial charge in [-0.15, -0.1) is 0 Å². The van der Waals surface area contributed by atoms with Crippen molar-refractivity contribution in [3.05, 3.63) is 24.3 Å². The Kier molecular flexibility index (Phi) is 4.93. The van der Waals surface area contributed by atoms with Crippen molar-refractivity contribution in [3.8, 4) is 5.75 Å². The summed E-state index contributed by atoms with van der Waals surface area (Å²) < 4.78 is 29.6. The van der Waals surface area contributed by atoms with E-state index in [0.717, 1.165) is 0 Å². The van der Waals surface area contributed by atoms with Crippen LogP contribution in [0.5, 0.6) is 5.75 Å². The zero-order valence-corrected chi connectivity index (χ0v) is 10.3. The smallest absolute Gasteiger partial charge is 0.320 e. The Morgan fingerprint density at radius 2 is 2.17 bits per heavy atom. The number of nitrogens with two attached hydrogens (primary N) is 1. The van der Waals surface area contributed by atoms with Gasteiger partial charge in [0.1, 0.15) is 12.4 Å². The third kappa shape index (κ3) is 5.51. The number of carbonyl (C=O) groups is 1. The van der Waals surface area contributed by atoms with Crippen LogP contribution in [0.4, 0.5) is 5.69 Å². The molecule has 0 aliphatic rings. The van der Waals surface area contributed by atoms with E-state index < -0.39 is 21.7 Å². The lowest BCUT2D eigenvalue weighted by atomic mass is 10.3. The summed E-state index contributed by atoms with van der Waals surface area (Å²) in [6.07, 6.45) is 0. The normalized spacial score (nSPS) is 11.1. The van der Waals surface area contributed by atoms with Crippen molar-refractivity contribution in [2.24, 2.45) is 0 Å². The second kappa shape index (κ2) is 6.22. The molecule has 8 heteroatoms. The highest BCUT2D eigenvalue weighted by atomic mass is 32.2. The van der Waals surface area contributed by atoms with Crippen molar-refractivity contribution in [3.63, 3.8) is 0 Å². The molecule has 1 rings (SSSR count). The van der Waals surface area contributed by atoms with Crippen LogP contribution in [0.1, 0.15) is 0 Å². The monoisotopic (exact) mass is 274 g/mol. The van der Waals surface area contributed by atoms with Gasteiger partial charge in [0.25, 0.3) is 0 Å². The molecule has 0 aromatic heterocycles. The SMILES string of the molecule is Nc1cccc(OCCNS(=O)(=O)CC(=O)O)c1. The fourth-order valence-corrected chi connectivity index (χ4v) is 2.01. The van der Waals surface area contributed by atoms with Crippen LogP contribution < -0.4 is 15.2 Å². The summed E-state index contributed by atoms with van der Waals surface area (Å²) in [6, 6.07) is 6.69. The molecule has 0 bridgehead atoms. The van der Waals surface area contributed by atoms with E-state index in [-0.39, 0.29) is 13.2 Å². The molecule has 4 N–H and O–H groups in total. The number of hydrogen-bond acceptors (Lipinski definition) is 5. The maximum atomic E-state index is 11.1. The van der Waals surface area contributed by atoms with E-state index in [1.807, 2.05) is 0 Å². The number of hydrogen-bond donors (Lipinski definition) is 3. The summed E-state index contributed by atoms with van der Waals surface area (Å²) in [5, 5.41) is 8.35. The third-order valence-electron chi connectivity index (χ3n) is 1.86. The molecule has 100 valence electrons. The van der Waals surface area contributed by atoms with Crippen LogP contribution in [0.3, 0.4) is 0 Å². The molecule has 0 heterocycles. The van der Waals surface area contributed by atoms with E-state index >= 15 is 0 Å². The quantitative estimate of drug-likeness (QED) is 0.462. The van der Waals surface area contributed by atoms with E-state index in [9.17, 15) is 13.2 Å². The Hall–Kier alpha value is -1.80. The summed E-state index contributed by atoms with van der Waals surface area (Å²) in [6.45, 7) is 0.0761. The molecule has 0 saturated heterocycles. The molecule has 1 aromatic rings. The van der Waals surface area contributed by atoms with Gasteiger partial charge in [-0.2, -0.15) is 0 Å². The molecule has 7 nitrogen and oxygen atoms in total. The van der Waals surface area contributed by atoms with Crippen molar-refractivity contribution in [1.29, 1.82) is 0 Å². The zero-order valence-electron chi connectivity index (χ0n) is 9.50. The zero-order chi connectivity index (χ0) is 13.6. The largest absolute Gasteiger partial charge is 0.492 e. The van der Waals surface area contributed by atoms with E-state index in [4.69, 9.17) is 15.6 Å². The van der Waals surface area contributed by atoms with Crippen molar-refractivity contribution < 1.29 is 23.1 Å². The molecule has 0 aliphatic heterocycles. The Balaban J connectivity index is 2.33. The van der Waals surface area contributed by atoms with Crippen molar-refractivity contribution in [1.82, 2.24) is 4.72 Å². The van der Waals surface area contributed by atoms with Gasteiger partial charge < -0.3 is 15.6 Å². The lowest BCUT2D eigenvalue weighted by molar-refractivity contribution is -0.134. The summed E-state index contributed by atoms with van der Waals surface area (Å²) in [7, 11) is -3.80. The molecular formula is C10H14N2O5S. The fourth-order valence-electron chi connectivity index (χ4n) is 1.18. The average molecular weight is 274 g/mol. The molecule has 18 heavy (non-hydrogen) atoms. The number of carboxylic acids is 1. The van der Waals surface area contributed by atoms with Gasteiger partial charge in [-0.05, 0) is 12.1 Å². The minimum absolute atomic E-state index is 0.00951. The second-order valence-corrected chi connectivity index (χ2v) is 5.27. The molecule has 0 saturated carbocycles. The number of ether oxygens (including phenoxy) is 1. The number of anilines is 1. The van der Waals surface area contributed by atoms with Crippen LogP contribution in [0.25, 0.3) is 0 Å². The number of nitrogens with one attached hydrogen (secondary N) is 1. The van der Waals surface area contributed by atoms with Crippen LogP contribution in [-0.4, -0.2) is 38.4 Å². The Morgan fingerprint density at radius 1 is 1.44 bits per heavy atom. The van der Waals surface area contributed by atoms with Crippen LogP contribution >= 0.6 is 0 Å². The Labute approximate surface area is 105 Å². The number of carboxylic acid groups (broad SMARTS) is 1. The standard InChI is InChI=1S/C10H14N2O5S/c11-8-2-1-3-9(6-8)17-5-4-12-18(15,16)7-10(13)14/h1-3,6,12H,4-5,7,11H2,(H,13,14). The van der Waals surface area contributed by atoms with E-state index in [0.29, 0.717) is 11.4 Å². The lowest BCUT2D eigenvalue weighted by Gasteiger charge is -2.07. The Morgan fingerprint density at radius 3 is 2.78 bits per heavy atom. The highest BCUT2D eigenvalue weighted by Gasteiger charge is 2.14. The predicted molar refractivity (Wildman–Crippen MR) is 65.8 cm³/mol. The first-order valence-corrected chi connectivity index (χ1v) is 6.72. The van der Waals surface area contributed by atoms with Crippen LogP contribution in [0.15, 0.2) is 24.3 Å². The van der Waals surface area contributed by atoms with Crippen molar-refractivity contribution >= 4 is 21.7 Å². The van der Waals surface area contributed by atoms with Gasteiger partial charge in [0, 0.05) is 18.3 Å². The van der Waals surface area contributed by atoms with Gasteiger partial charge >= 0.3 is 5.97 Å². The highest BCUT2D eigenvalue weighted by Crippen LogP contribution is 2.13. The molecule has 1 aromatic carbocycles. The maximum absolute atomic E-state index is 11.1. The third-order valence-corrected chi connectivity index (χ3v) is 3.14. The first-order valence-electron chi connectivity index (χ1n) is 5.06. The first-order chi connectivity index (χ1) is 8.39. The summed E-state index contributed by atoms with van der Waals surface area (Å²) in [5.74, 6) is -1.84. The van der Waals surface area contributed by atoms with E-state index in [1.165, 1.54) is 0 Å². The van der Waals surface area contributed by atoms with Gasteiger partial charge in [0.05, 0.1) is 0 Å². The molecule has 0 unspecified atom stereocenters. The number of aliphatic carboxylic acids is 1. The van der Waals surface area contributed by atoms with E-state index in [1.54, 1.807) is 24.3 Å². The van der Waals surface area contributed by atoms with E-state index in [2.05, 4.69) is 4.72 Å². The minimum atomic E-state index is -3.80. The van der Waals surface area contributed by atoms with Gasteiger partial charge in [-0.1, -0.05) is 6.07 Å². The molecule has 0 amide bonds. The number of benzene rings is 1. The fraction of sp³-hybridized carbons (Fsp3) is 0.300. The minimum Gasteiger partial charge on any atom is -0.492 e. The van der Waals surface area contributed by atoms with Crippen LogP contribution in [-0.2, 0) is 14.8 Å². The molecule has 0 radical (unpaired) electrons. The van der Waals surface area contributed by atoms with Gasteiger partial charge in [0.15, 0.2) is 5.75 Å². The van der Waals surface area contributed by atoms with Gasteiger partial charge in [-0.25, -0.2) is 13.1 Å². The maximum Gasteiger partial charge on any atom is 0.320 e. The Bertz CT molecular complexity index is 515. The molecule has 0 aliphatic carbocycles. The molecule has 0 spiro atoms. The number of rotatable bonds is 7. The molecular weight excluding hydrogens is 260 g/mol. The summed E-state index contributed by atoms with van der Waals surface area (Å²) in [4.78, 5) is 10.2. The summed E-state index contributed by atoms with van der Waals surface area (Å²) in [5.41, 5.74) is 6.07. The number of sulfonamides is 1. The predicted octanol–water partition coefficient (Wildman–Crippen LogP) is -0.348. The first kappa shape index (κ1) is 14.3.